The smallest absolute Gasteiger partial charge is 0.250 e. The highest BCUT2D eigenvalue weighted by Crippen LogP contribution is 2.27. The minimum absolute atomic E-state index is 0.0556. The topological polar surface area (TPSA) is 98.8 Å². The van der Waals surface area contributed by atoms with Gasteiger partial charge in [-0.2, -0.15) is 0 Å². The van der Waals surface area contributed by atoms with Crippen molar-refractivity contribution in [1.29, 1.82) is 0 Å². The molecule has 1 aromatic heterocycles. The summed E-state index contributed by atoms with van der Waals surface area (Å²) >= 11 is 1.18. The average Bonchev–Trinajstić information content (AvgIpc) is 3.40. The first kappa shape index (κ1) is 19.8. The van der Waals surface area contributed by atoms with Crippen LogP contribution in [0, 0.1) is 0 Å². The third-order valence-electron chi connectivity index (χ3n) is 5.85. The summed E-state index contributed by atoms with van der Waals surface area (Å²) in [5.74, 6) is 0.125. The zero-order chi connectivity index (χ0) is 19.7. The van der Waals surface area contributed by atoms with Gasteiger partial charge in [-0.25, -0.2) is 13.1 Å². The second-order valence-corrected chi connectivity index (χ2v) is 10.6. The van der Waals surface area contributed by atoms with E-state index in [2.05, 4.69) is 14.9 Å². The molecule has 3 aliphatic rings. The van der Waals surface area contributed by atoms with E-state index in [0.717, 1.165) is 25.9 Å². The van der Waals surface area contributed by atoms with Crippen molar-refractivity contribution in [3.63, 3.8) is 0 Å². The maximum absolute atomic E-state index is 12.5. The summed E-state index contributed by atoms with van der Waals surface area (Å²) in [6.45, 7) is 2.69. The number of carbonyl (C=O) groups is 2. The molecule has 1 aromatic rings. The van der Waals surface area contributed by atoms with Crippen molar-refractivity contribution in [3.8, 4) is 0 Å². The molecule has 2 amide bonds. The molecular weight excluding hydrogens is 400 g/mol. The summed E-state index contributed by atoms with van der Waals surface area (Å²) in [7, 11) is -3.57. The molecule has 154 valence electrons. The van der Waals surface area contributed by atoms with Crippen LogP contribution >= 0.6 is 11.3 Å². The Labute approximate surface area is 169 Å². The Morgan fingerprint density at radius 2 is 2.11 bits per heavy atom. The van der Waals surface area contributed by atoms with Crippen LogP contribution in [-0.2, 0) is 19.6 Å². The van der Waals surface area contributed by atoms with E-state index in [0.29, 0.717) is 32.4 Å². The van der Waals surface area contributed by atoms with Crippen molar-refractivity contribution in [2.24, 2.45) is 0 Å². The number of likely N-dealkylation sites (tertiary alicyclic amines) is 1. The van der Waals surface area contributed by atoms with Crippen molar-refractivity contribution >= 4 is 33.2 Å². The van der Waals surface area contributed by atoms with Gasteiger partial charge in [-0.3, -0.25) is 14.5 Å². The quantitative estimate of drug-likeness (QED) is 0.685. The van der Waals surface area contributed by atoms with E-state index in [9.17, 15) is 18.0 Å². The maximum atomic E-state index is 12.5. The SMILES string of the molecule is O=C1NC[C@@H](CCC(=O)N2CCCC2)N2C[C@@H](NS(=O)(=O)c3cccs3)C[C@@H]12. The average molecular weight is 427 g/mol. The van der Waals surface area contributed by atoms with E-state index in [4.69, 9.17) is 0 Å². The summed E-state index contributed by atoms with van der Waals surface area (Å²) in [5, 5.41) is 4.66. The van der Waals surface area contributed by atoms with Gasteiger partial charge in [0.1, 0.15) is 4.21 Å². The van der Waals surface area contributed by atoms with Crippen LogP contribution < -0.4 is 10.0 Å². The Morgan fingerprint density at radius 1 is 1.32 bits per heavy atom. The lowest BCUT2D eigenvalue weighted by Gasteiger charge is -2.37. The second kappa shape index (κ2) is 8.10. The number of carbonyl (C=O) groups excluding carboxylic acids is 2. The second-order valence-electron chi connectivity index (χ2n) is 7.72. The molecule has 3 fully saturated rings. The highest BCUT2D eigenvalue weighted by Gasteiger charge is 2.44. The fourth-order valence-corrected chi connectivity index (χ4v) is 6.69. The van der Waals surface area contributed by atoms with Gasteiger partial charge in [-0.1, -0.05) is 6.07 Å². The number of piperazine rings is 1. The molecule has 0 bridgehead atoms. The minimum atomic E-state index is -3.57. The molecule has 4 heterocycles. The number of rotatable bonds is 6. The molecule has 3 saturated heterocycles. The van der Waals surface area contributed by atoms with Gasteiger partial charge in [-0.15, -0.1) is 11.3 Å². The zero-order valence-corrected chi connectivity index (χ0v) is 17.3. The molecular formula is C18H26N4O4S2. The predicted molar refractivity (Wildman–Crippen MR) is 105 cm³/mol. The van der Waals surface area contributed by atoms with Crippen LogP contribution in [0.2, 0.25) is 0 Å². The van der Waals surface area contributed by atoms with Gasteiger partial charge in [0.05, 0.1) is 6.04 Å². The highest BCUT2D eigenvalue weighted by atomic mass is 32.2. The first-order valence-corrected chi connectivity index (χ1v) is 12.2. The monoisotopic (exact) mass is 426 g/mol. The Balaban J connectivity index is 1.38. The molecule has 2 N–H and O–H groups in total. The van der Waals surface area contributed by atoms with Crippen molar-refractivity contribution < 1.29 is 18.0 Å². The number of nitrogens with one attached hydrogen (secondary N) is 2. The van der Waals surface area contributed by atoms with Crippen LogP contribution in [0.15, 0.2) is 21.7 Å². The third-order valence-corrected chi connectivity index (χ3v) is 8.77. The molecule has 0 aromatic carbocycles. The summed E-state index contributed by atoms with van der Waals surface area (Å²) in [4.78, 5) is 28.7. The number of hydrogen-bond donors (Lipinski definition) is 2. The van der Waals surface area contributed by atoms with Crippen molar-refractivity contribution in [3.05, 3.63) is 17.5 Å². The van der Waals surface area contributed by atoms with Crippen LogP contribution in [0.25, 0.3) is 0 Å². The number of hydrogen-bond acceptors (Lipinski definition) is 6. The van der Waals surface area contributed by atoms with Crippen molar-refractivity contribution in [2.45, 2.75) is 54.4 Å². The van der Waals surface area contributed by atoms with Gasteiger partial charge >= 0.3 is 0 Å². The largest absolute Gasteiger partial charge is 0.353 e. The lowest BCUT2D eigenvalue weighted by molar-refractivity contribution is -0.131. The van der Waals surface area contributed by atoms with Gasteiger partial charge in [0, 0.05) is 44.7 Å². The molecule has 3 aliphatic heterocycles. The van der Waals surface area contributed by atoms with Crippen LogP contribution in [-0.4, -0.2) is 74.3 Å². The molecule has 0 unspecified atom stereocenters. The van der Waals surface area contributed by atoms with Gasteiger partial charge in [0.25, 0.3) is 0 Å². The minimum Gasteiger partial charge on any atom is -0.353 e. The fourth-order valence-electron chi connectivity index (χ4n) is 4.44. The van der Waals surface area contributed by atoms with E-state index < -0.39 is 10.0 Å². The Bertz CT molecular complexity index is 821. The first-order valence-electron chi connectivity index (χ1n) is 9.81. The zero-order valence-electron chi connectivity index (χ0n) is 15.7. The molecule has 3 atom stereocenters. The number of amides is 2. The Hall–Kier alpha value is -1.49. The van der Waals surface area contributed by atoms with E-state index in [1.807, 2.05) is 4.90 Å². The fraction of sp³-hybridized carbons (Fsp3) is 0.667. The lowest BCUT2D eigenvalue weighted by atomic mass is 10.0. The standard InChI is InChI=1S/C18H26N4O4S2/c23-16(21-7-1-2-8-21)6-5-14-11-19-18(24)15-10-13(12-22(14)15)20-28(25,26)17-4-3-9-27-17/h3-4,9,13-15,20H,1-2,5-8,10-12H2,(H,19,24)/t13-,14+,15-/m0/s1. The third kappa shape index (κ3) is 4.10. The van der Waals surface area contributed by atoms with Crippen molar-refractivity contribution in [1.82, 2.24) is 19.8 Å². The first-order chi connectivity index (χ1) is 13.4. The maximum Gasteiger partial charge on any atom is 0.250 e. The molecule has 8 nitrogen and oxygen atoms in total. The predicted octanol–water partition coefficient (Wildman–Crippen LogP) is 0.370. The summed E-state index contributed by atoms with van der Waals surface area (Å²) in [5.41, 5.74) is 0. The molecule has 4 rings (SSSR count). The van der Waals surface area contributed by atoms with E-state index in [-0.39, 0.29) is 34.1 Å². The molecule has 0 radical (unpaired) electrons. The molecule has 0 spiro atoms. The van der Waals surface area contributed by atoms with Crippen LogP contribution in [0.5, 0.6) is 0 Å². The van der Waals surface area contributed by atoms with E-state index in [1.54, 1.807) is 17.5 Å². The summed E-state index contributed by atoms with van der Waals surface area (Å²) in [6.07, 6.45) is 3.75. The number of nitrogens with zero attached hydrogens (tertiary/aromatic N) is 2. The van der Waals surface area contributed by atoms with Gasteiger partial charge < -0.3 is 10.2 Å². The van der Waals surface area contributed by atoms with Crippen LogP contribution in [0.1, 0.15) is 32.1 Å². The Kier molecular flexibility index (Phi) is 5.73. The Morgan fingerprint density at radius 3 is 2.82 bits per heavy atom. The van der Waals surface area contributed by atoms with Gasteiger partial charge in [0.15, 0.2) is 0 Å². The summed E-state index contributed by atoms with van der Waals surface area (Å²) < 4.78 is 28.1. The normalized spacial score (nSPS) is 28.4. The number of thiophene rings is 1. The molecule has 0 aliphatic carbocycles. The molecule has 28 heavy (non-hydrogen) atoms. The van der Waals surface area contributed by atoms with E-state index >= 15 is 0 Å². The van der Waals surface area contributed by atoms with Gasteiger partial charge in [-0.05, 0) is 37.1 Å². The van der Waals surface area contributed by atoms with E-state index in [1.165, 1.54) is 11.3 Å². The molecule has 0 saturated carbocycles. The van der Waals surface area contributed by atoms with Gasteiger partial charge in [0.2, 0.25) is 21.8 Å². The highest BCUT2D eigenvalue weighted by molar-refractivity contribution is 7.91. The van der Waals surface area contributed by atoms with Crippen molar-refractivity contribution in [2.75, 3.05) is 26.2 Å². The lowest BCUT2D eigenvalue weighted by Crippen LogP contribution is -2.58. The number of sulfonamides is 1. The number of fused-ring (bicyclic) bond motifs is 1. The van der Waals surface area contributed by atoms with Crippen LogP contribution in [0.4, 0.5) is 0 Å². The summed E-state index contributed by atoms with van der Waals surface area (Å²) in [6, 6.07) is 2.70. The molecule has 10 heteroatoms. The van der Waals surface area contributed by atoms with Crippen LogP contribution in [0.3, 0.4) is 0 Å².